The lowest BCUT2D eigenvalue weighted by Crippen LogP contribution is -2.60. The minimum Gasteiger partial charge on any atom is -0.394 e. The molecular weight excluding hydrogens is 795 g/mol. The van der Waals surface area contributed by atoms with Gasteiger partial charge in [0, 0.05) is 0 Å². The molecule has 0 bridgehead atoms. The number of hydrogen-bond donors (Lipinski definition) is 7. The number of carbonyl (C=O) groups excluding carboxylic acids is 1. The lowest BCUT2D eigenvalue weighted by molar-refractivity contribution is -0.302. The zero-order valence-electron chi connectivity index (χ0n) is 40.4. The minimum atomic E-state index is -1.62. The number of allylic oxidation sites excluding steroid dienone is 7. The summed E-state index contributed by atoms with van der Waals surface area (Å²) in [4.78, 5) is 13.1. The van der Waals surface area contributed by atoms with Crippen molar-refractivity contribution < 1.29 is 44.9 Å². The van der Waals surface area contributed by atoms with Crippen molar-refractivity contribution in [3.63, 3.8) is 0 Å². The van der Waals surface area contributed by atoms with Crippen molar-refractivity contribution in [1.82, 2.24) is 5.32 Å². The fraction of sp³-hybridized carbons (Fsp3) is 0.830. The fourth-order valence-corrected chi connectivity index (χ4v) is 8.02. The van der Waals surface area contributed by atoms with E-state index in [9.17, 15) is 35.4 Å². The Morgan fingerprint density at radius 2 is 1.08 bits per heavy atom. The van der Waals surface area contributed by atoms with Crippen LogP contribution >= 0.6 is 0 Å². The molecule has 10 nitrogen and oxygen atoms in total. The van der Waals surface area contributed by atoms with Gasteiger partial charge in [0.2, 0.25) is 5.91 Å². The first-order valence-corrected chi connectivity index (χ1v) is 25.9. The van der Waals surface area contributed by atoms with Crippen LogP contribution in [0.1, 0.15) is 220 Å². The lowest BCUT2D eigenvalue weighted by atomic mass is 9.99. The lowest BCUT2D eigenvalue weighted by Gasteiger charge is -2.40. The van der Waals surface area contributed by atoms with Gasteiger partial charge < -0.3 is 45.4 Å². The van der Waals surface area contributed by atoms with E-state index in [-0.39, 0.29) is 6.61 Å². The van der Waals surface area contributed by atoms with E-state index in [0.717, 1.165) is 32.1 Å². The molecule has 0 aromatic rings. The van der Waals surface area contributed by atoms with Crippen LogP contribution < -0.4 is 5.32 Å². The summed E-state index contributed by atoms with van der Waals surface area (Å²) in [5, 5.41) is 64.9. The average molecular weight is 892 g/mol. The van der Waals surface area contributed by atoms with Gasteiger partial charge in [0.1, 0.15) is 30.5 Å². The number of carbonyl (C=O) groups is 1. The van der Waals surface area contributed by atoms with Crippen molar-refractivity contribution in [2.24, 2.45) is 0 Å². The molecule has 1 aliphatic heterocycles. The highest BCUT2D eigenvalue weighted by molar-refractivity contribution is 5.80. The molecule has 10 heteroatoms. The van der Waals surface area contributed by atoms with Gasteiger partial charge in [-0.1, -0.05) is 203 Å². The second kappa shape index (κ2) is 41.5. The van der Waals surface area contributed by atoms with Crippen molar-refractivity contribution >= 4 is 5.91 Å². The van der Waals surface area contributed by atoms with Crippen molar-refractivity contribution in [2.45, 2.75) is 269 Å². The number of rotatable bonds is 42. The molecule has 63 heavy (non-hydrogen) atoms. The molecule has 0 saturated carbocycles. The molecule has 0 unspecified atom stereocenters. The third kappa shape index (κ3) is 31.6. The Kier molecular flexibility index (Phi) is 39.0. The SMILES string of the molecule is CCCCCC/C=C\CCCCCCCCCCCCCCCCCC[C@@H](O)C(=O)N[C@@H](CO[C@@H]1O[C@H](CO)[C@@H](O)[C@H](O)[C@H]1O)[C@H](O)/C=C/CC/C=C(C)/C=C/CCCCCCC. The fourth-order valence-electron chi connectivity index (χ4n) is 8.02. The third-order valence-electron chi connectivity index (χ3n) is 12.3. The number of aliphatic hydroxyl groups excluding tert-OH is 6. The van der Waals surface area contributed by atoms with Crippen LogP contribution in [0.2, 0.25) is 0 Å². The highest BCUT2D eigenvalue weighted by Gasteiger charge is 2.44. The van der Waals surface area contributed by atoms with Crippen LogP contribution in [0.3, 0.4) is 0 Å². The molecule has 0 aromatic carbocycles. The van der Waals surface area contributed by atoms with Gasteiger partial charge in [-0.05, 0) is 64.7 Å². The minimum absolute atomic E-state index is 0.299. The first-order valence-electron chi connectivity index (χ1n) is 25.9. The predicted octanol–water partition coefficient (Wildman–Crippen LogP) is 10.8. The summed E-state index contributed by atoms with van der Waals surface area (Å²) in [5.41, 5.74) is 1.18. The van der Waals surface area contributed by atoms with Crippen molar-refractivity contribution in [3.8, 4) is 0 Å². The van der Waals surface area contributed by atoms with Gasteiger partial charge in [-0.2, -0.15) is 0 Å². The zero-order valence-corrected chi connectivity index (χ0v) is 40.4. The van der Waals surface area contributed by atoms with Gasteiger partial charge in [0.25, 0.3) is 0 Å². The van der Waals surface area contributed by atoms with Crippen LogP contribution in [-0.2, 0) is 14.3 Å². The van der Waals surface area contributed by atoms with Gasteiger partial charge in [0.05, 0.1) is 25.4 Å². The number of hydrogen-bond acceptors (Lipinski definition) is 9. The quantitative estimate of drug-likeness (QED) is 0.0179. The summed E-state index contributed by atoms with van der Waals surface area (Å²) < 4.78 is 11.2. The predicted molar refractivity (Wildman–Crippen MR) is 259 cm³/mol. The number of amides is 1. The number of aliphatic hydroxyl groups is 6. The molecular formula is C53H97NO9. The molecule has 1 heterocycles. The van der Waals surface area contributed by atoms with Crippen LogP contribution in [-0.4, -0.2) is 98.7 Å². The normalized spacial score (nSPS) is 21.2. The molecule has 0 aliphatic carbocycles. The van der Waals surface area contributed by atoms with Crippen molar-refractivity contribution in [3.05, 3.63) is 48.1 Å². The molecule has 1 amide bonds. The summed E-state index contributed by atoms with van der Waals surface area (Å²) >= 11 is 0. The van der Waals surface area contributed by atoms with Crippen LogP contribution in [0.15, 0.2) is 48.1 Å². The molecule has 0 radical (unpaired) electrons. The van der Waals surface area contributed by atoms with Crippen LogP contribution in [0.4, 0.5) is 0 Å². The molecule has 7 N–H and O–H groups in total. The summed E-state index contributed by atoms with van der Waals surface area (Å²) in [5.74, 6) is -0.632. The Hall–Kier alpha value is -1.89. The molecule has 1 saturated heterocycles. The second-order valence-electron chi connectivity index (χ2n) is 18.3. The second-order valence-corrected chi connectivity index (χ2v) is 18.3. The van der Waals surface area contributed by atoms with E-state index in [1.807, 2.05) is 6.08 Å². The summed E-state index contributed by atoms with van der Waals surface area (Å²) in [7, 11) is 0. The maximum atomic E-state index is 13.1. The van der Waals surface area contributed by atoms with Crippen LogP contribution in [0, 0.1) is 0 Å². The van der Waals surface area contributed by atoms with E-state index in [1.54, 1.807) is 6.08 Å². The summed E-state index contributed by atoms with van der Waals surface area (Å²) in [6.45, 7) is 5.62. The van der Waals surface area contributed by atoms with E-state index >= 15 is 0 Å². The Morgan fingerprint density at radius 3 is 1.60 bits per heavy atom. The molecule has 1 fully saturated rings. The Labute approximate surface area is 385 Å². The molecule has 1 rings (SSSR count). The zero-order chi connectivity index (χ0) is 46.2. The van der Waals surface area contributed by atoms with Gasteiger partial charge in [-0.15, -0.1) is 0 Å². The van der Waals surface area contributed by atoms with E-state index in [1.165, 1.54) is 153 Å². The Bertz CT molecular complexity index is 1170. The highest BCUT2D eigenvalue weighted by Crippen LogP contribution is 2.23. The highest BCUT2D eigenvalue weighted by atomic mass is 16.7. The molecule has 0 spiro atoms. The summed E-state index contributed by atoms with van der Waals surface area (Å²) in [6.07, 6.45) is 41.7. The van der Waals surface area contributed by atoms with Crippen LogP contribution in [0.25, 0.3) is 0 Å². The molecule has 0 aromatic heterocycles. The average Bonchev–Trinajstić information content (AvgIpc) is 3.28. The maximum Gasteiger partial charge on any atom is 0.249 e. The van der Waals surface area contributed by atoms with E-state index in [2.05, 4.69) is 56.5 Å². The van der Waals surface area contributed by atoms with Crippen LogP contribution in [0.5, 0.6) is 0 Å². The first kappa shape index (κ1) is 59.1. The van der Waals surface area contributed by atoms with E-state index < -0.39 is 61.5 Å². The maximum absolute atomic E-state index is 13.1. The number of nitrogens with one attached hydrogen (secondary N) is 1. The molecule has 1 aliphatic rings. The van der Waals surface area contributed by atoms with Gasteiger partial charge in [-0.3, -0.25) is 4.79 Å². The molecule has 368 valence electrons. The van der Waals surface area contributed by atoms with E-state index in [0.29, 0.717) is 19.3 Å². The van der Waals surface area contributed by atoms with Gasteiger partial charge in [-0.25, -0.2) is 0 Å². The topological polar surface area (TPSA) is 169 Å². The molecule has 8 atom stereocenters. The standard InChI is InChI=1S/C53H97NO9/c1-4-6-8-10-12-13-14-15-16-17-18-19-20-21-22-23-24-25-26-27-28-30-32-36-41-47(57)52(61)54-45(43-62-53-51(60)50(59)49(58)48(42-55)63-53)46(56)40-37-33-35-39-44(3)38-34-31-29-11-9-7-5-2/h13-14,34,37-40,45-51,53,55-60H,4-12,15-33,35-36,41-43H2,1-3H3,(H,54,61)/b14-13-,38-34+,40-37+,44-39+/t45-,46+,47+,48+,49+,50-,51+,53+/m0/s1. The third-order valence-corrected chi connectivity index (χ3v) is 12.3. The van der Waals surface area contributed by atoms with Crippen molar-refractivity contribution in [2.75, 3.05) is 13.2 Å². The monoisotopic (exact) mass is 892 g/mol. The smallest absolute Gasteiger partial charge is 0.249 e. The van der Waals surface area contributed by atoms with E-state index in [4.69, 9.17) is 9.47 Å². The Balaban J connectivity index is 2.35. The largest absolute Gasteiger partial charge is 0.394 e. The first-order chi connectivity index (χ1) is 30.7. The van der Waals surface area contributed by atoms with Crippen molar-refractivity contribution in [1.29, 1.82) is 0 Å². The summed E-state index contributed by atoms with van der Waals surface area (Å²) in [6, 6.07) is -1.01. The number of ether oxygens (including phenoxy) is 2. The van der Waals surface area contributed by atoms with Gasteiger partial charge in [0.15, 0.2) is 6.29 Å². The van der Waals surface area contributed by atoms with Gasteiger partial charge >= 0.3 is 0 Å². The number of unbranched alkanes of at least 4 members (excludes halogenated alkanes) is 26. The Morgan fingerprint density at radius 1 is 0.603 bits per heavy atom.